The third-order valence-corrected chi connectivity index (χ3v) is 5.04. The lowest BCUT2D eigenvalue weighted by Crippen LogP contribution is -2.43. The van der Waals surface area contributed by atoms with Gasteiger partial charge in [0.05, 0.1) is 15.7 Å². The molecular weight excluding hydrogens is 424 g/mol. The number of amides is 3. The Labute approximate surface area is 173 Å². The maximum absolute atomic E-state index is 13.3. The van der Waals surface area contributed by atoms with Crippen molar-refractivity contribution in [2.75, 3.05) is 16.8 Å². The van der Waals surface area contributed by atoms with Crippen LogP contribution in [0.1, 0.15) is 0 Å². The second-order valence-corrected chi connectivity index (χ2v) is 7.15. The molecule has 0 spiro atoms. The summed E-state index contributed by atoms with van der Waals surface area (Å²) in [6.07, 6.45) is 0. The van der Waals surface area contributed by atoms with Gasteiger partial charge in [-0.3, -0.25) is 19.4 Å². The van der Waals surface area contributed by atoms with Crippen LogP contribution in [0.15, 0.2) is 52.8 Å². The molecule has 4 rings (SSSR count). The fraction of sp³-hybridized carbons (Fsp3) is 0.167. The normalized spacial score (nSPS) is 20.4. The lowest BCUT2D eigenvalue weighted by molar-refractivity contribution is -0.123. The summed E-state index contributed by atoms with van der Waals surface area (Å²) in [7, 11) is 0. The summed E-state index contributed by atoms with van der Waals surface area (Å²) >= 11 is 12.3. The van der Waals surface area contributed by atoms with Gasteiger partial charge >= 0.3 is 0 Å². The molecule has 11 heteroatoms. The highest BCUT2D eigenvalue weighted by atomic mass is 35.5. The minimum absolute atomic E-state index is 0.0691. The second-order valence-electron chi connectivity index (χ2n) is 6.33. The van der Waals surface area contributed by atoms with Gasteiger partial charge in [-0.25, -0.2) is 9.29 Å². The minimum Gasteiger partial charge on any atom is -0.324 e. The van der Waals surface area contributed by atoms with Gasteiger partial charge in [-0.1, -0.05) is 40.6 Å². The van der Waals surface area contributed by atoms with Gasteiger partial charge in [0.2, 0.25) is 5.91 Å². The van der Waals surface area contributed by atoms with E-state index in [1.165, 1.54) is 30.3 Å². The largest absolute Gasteiger partial charge is 0.324 e. The smallest absolute Gasteiger partial charge is 0.263 e. The van der Waals surface area contributed by atoms with E-state index in [-0.39, 0.29) is 28.0 Å². The molecule has 0 aromatic heterocycles. The van der Waals surface area contributed by atoms with Gasteiger partial charge in [-0.2, -0.15) is 5.11 Å². The van der Waals surface area contributed by atoms with Gasteiger partial charge in [-0.05, 0) is 30.3 Å². The van der Waals surface area contributed by atoms with Crippen molar-refractivity contribution in [3.63, 3.8) is 0 Å². The first-order chi connectivity index (χ1) is 13.9. The van der Waals surface area contributed by atoms with E-state index in [9.17, 15) is 18.8 Å². The summed E-state index contributed by atoms with van der Waals surface area (Å²) in [4.78, 5) is 38.8. The fourth-order valence-electron chi connectivity index (χ4n) is 3.19. The van der Waals surface area contributed by atoms with Crippen molar-refractivity contribution in [2.24, 2.45) is 10.3 Å². The highest BCUT2D eigenvalue weighted by Crippen LogP contribution is 2.39. The van der Waals surface area contributed by atoms with E-state index in [0.29, 0.717) is 0 Å². The average molecular weight is 436 g/mol. The molecule has 8 nitrogen and oxygen atoms in total. The molecule has 0 bridgehead atoms. The average Bonchev–Trinajstić information content (AvgIpc) is 3.17. The van der Waals surface area contributed by atoms with E-state index >= 15 is 0 Å². The number of imide groups is 1. The van der Waals surface area contributed by atoms with Crippen LogP contribution >= 0.6 is 23.2 Å². The Kier molecular flexibility index (Phi) is 4.93. The topological polar surface area (TPSA) is 94.4 Å². The van der Waals surface area contributed by atoms with Crippen molar-refractivity contribution in [2.45, 2.75) is 12.1 Å². The number of hydrogen-bond donors (Lipinski definition) is 1. The summed E-state index contributed by atoms with van der Waals surface area (Å²) in [6.45, 7) is -0.357. The van der Waals surface area contributed by atoms with Gasteiger partial charge in [0.1, 0.15) is 12.4 Å². The van der Waals surface area contributed by atoms with Crippen LogP contribution in [0.3, 0.4) is 0 Å². The Morgan fingerprint density at radius 1 is 1.10 bits per heavy atom. The van der Waals surface area contributed by atoms with E-state index in [1.54, 1.807) is 6.07 Å². The third-order valence-electron chi connectivity index (χ3n) is 4.43. The molecule has 0 aliphatic carbocycles. The summed E-state index contributed by atoms with van der Waals surface area (Å²) in [5.74, 6) is -2.33. The number of nitrogens with one attached hydrogen (secondary N) is 1. The Hall–Kier alpha value is -3.04. The number of rotatable bonds is 4. The van der Waals surface area contributed by atoms with Gasteiger partial charge in [0.25, 0.3) is 11.8 Å². The van der Waals surface area contributed by atoms with Crippen molar-refractivity contribution >= 4 is 52.3 Å². The van der Waals surface area contributed by atoms with Crippen LogP contribution in [0.2, 0.25) is 10.0 Å². The monoisotopic (exact) mass is 435 g/mol. The highest BCUT2D eigenvalue weighted by Gasteiger charge is 2.55. The number of benzene rings is 2. The lowest BCUT2D eigenvalue weighted by Gasteiger charge is -2.21. The first kappa shape index (κ1) is 19.3. The molecule has 1 saturated heterocycles. The van der Waals surface area contributed by atoms with Gasteiger partial charge in [0, 0.05) is 5.69 Å². The van der Waals surface area contributed by atoms with Crippen LogP contribution in [-0.4, -0.2) is 41.4 Å². The maximum Gasteiger partial charge on any atom is 0.263 e. The zero-order valence-corrected chi connectivity index (χ0v) is 16.1. The van der Waals surface area contributed by atoms with E-state index < -0.39 is 35.6 Å². The summed E-state index contributed by atoms with van der Waals surface area (Å²) in [6, 6.07) is 7.75. The molecule has 1 fully saturated rings. The molecule has 2 atom stereocenters. The van der Waals surface area contributed by atoms with Crippen molar-refractivity contribution in [3.05, 3.63) is 58.3 Å². The number of halogens is 3. The SMILES string of the molecule is O=C(CN1N=NC2C(=O)N(c3c(Cl)cccc3Cl)C(=O)C21)Nc1cccc(F)c1. The van der Waals surface area contributed by atoms with Crippen LogP contribution in [0, 0.1) is 5.82 Å². The highest BCUT2D eigenvalue weighted by molar-refractivity contribution is 6.42. The zero-order chi connectivity index (χ0) is 20.7. The third kappa shape index (κ3) is 3.43. The predicted octanol–water partition coefficient (Wildman–Crippen LogP) is 3.06. The zero-order valence-electron chi connectivity index (χ0n) is 14.6. The minimum atomic E-state index is -1.10. The molecule has 0 radical (unpaired) electrons. The van der Waals surface area contributed by atoms with Crippen LogP contribution in [0.4, 0.5) is 15.8 Å². The Bertz CT molecular complexity index is 1040. The standard InChI is InChI=1S/C18H12Cl2FN5O3/c19-11-5-2-6-12(20)15(11)26-17(28)14-16(18(26)29)25(24-23-14)8-13(27)22-10-4-1-3-9(21)7-10/h1-7,14,16H,8H2,(H,22,27). The molecule has 29 heavy (non-hydrogen) atoms. The van der Waals surface area contributed by atoms with Gasteiger partial charge < -0.3 is 5.32 Å². The molecule has 2 aliphatic rings. The molecule has 2 heterocycles. The van der Waals surface area contributed by atoms with E-state index in [0.717, 1.165) is 16.0 Å². The number of para-hydroxylation sites is 1. The second kappa shape index (κ2) is 7.41. The molecule has 3 amide bonds. The van der Waals surface area contributed by atoms with E-state index in [1.807, 2.05) is 0 Å². The first-order valence-corrected chi connectivity index (χ1v) is 9.17. The van der Waals surface area contributed by atoms with Crippen LogP contribution < -0.4 is 10.2 Å². The Morgan fingerprint density at radius 3 is 2.48 bits per heavy atom. The van der Waals surface area contributed by atoms with Crippen molar-refractivity contribution in [1.82, 2.24) is 5.01 Å². The molecule has 2 aromatic carbocycles. The Morgan fingerprint density at radius 2 is 1.79 bits per heavy atom. The first-order valence-electron chi connectivity index (χ1n) is 8.41. The van der Waals surface area contributed by atoms with Gasteiger partial charge in [-0.15, -0.1) is 0 Å². The van der Waals surface area contributed by atoms with Crippen LogP contribution in [-0.2, 0) is 14.4 Å². The van der Waals surface area contributed by atoms with Crippen LogP contribution in [0.25, 0.3) is 0 Å². The molecule has 0 saturated carbocycles. The van der Waals surface area contributed by atoms with Crippen molar-refractivity contribution in [3.8, 4) is 0 Å². The number of fused-ring (bicyclic) bond motifs is 1. The molecular formula is C18H12Cl2FN5O3. The van der Waals surface area contributed by atoms with Gasteiger partial charge in [0.15, 0.2) is 12.1 Å². The lowest BCUT2D eigenvalue weighted by atomic mass is 10.1. The molecule has 1 N–H and O–H groups in total. The predicted molar refractivity (Wildman–Crippen MR) is 103 cm³/mol. The quantitative estimate of drug-likeness (QED) is 0.746. The fourth-order valence-corrected chi connectivity index (χ4v) is 3.76. The van der Waals surface area contributed by atoms with E-state index in [2.05, 4.69) is 15.7 Å². The van der Waals surface area contributed by atoms with Crippen molar-refractivity contribution < 1.29 is 18.8 Å². The molecule has 148 valence electrons. The number of nitrogens with zero attached hydrogens (tertiary/aromatic N) is 4. The van der Waals surface area contributed by atoms with E-state index in [4.69, 9.17) is 23.2 Å². The number of carbonyl (C=O) groups is 3. The molecule has 2 aromatic rings. The number of hydrogen-bond acceptors (Lipinski definition) is 6. The molecule has 2 unspecified atom stereocenters. The number of anilines is 2. The van der Waals surface area contributed by atoms with Crippen molar-refractivity contribution in [1.29, 1.82) is 0 Å². The summed E-state index contributed by atoms with van der Waals surface area (Å²) in [5, 5.41) is 11.5. The summed E-state index contributed by atoms with van der Waals surface area (Å²) in [5.41, 5.74) is 0.320. The maximum atomic E-state index is 13.3. The Balaban J connectivity index is 1.53. The number of carbonyl (C=O) groups excluding carboxylic acids is 3. The molecule has 2 aliphatic heterocycles. The van der Waals surface area contributed by atoms with Crippen LogP contribution in [0.5, 0.6) is 0 Å². The summed E-state index contributed by atoms with van der Waals surface area (Å²) < 4.78 is 13.3.